The van der Waals surface area contributed by atoms with E-state index in [0.717, 1.165) is 24.3 Å². The topological polar surface area (TPSA) is 47.6 Å². The third-order valence-electron chi connectivity index (χ3n) is 2.77. The van der Waals surface area contributed by atoms with Crippen LogP contribution in [0.25, 0.3) is 0 Å². The lowest BCUT2D eigenvalue weighted by molar-refractivity contribution is -0.124. The molecule has 104 valence electrons. The Kier molecular flexibility index (Phi) is 4.10. The van der Waals surface area contributed by atoms with E-state index in [1.54, 1.807) is 0 Å². The van der Waals surface area contributed by atoms with Crippen molar-refractivity contribution in [3.8, 4) is 5.75 Å². The minimum absolute atomic E-state index is 0.0676. The molecule has 1 saturated heterocycles. The van der Waals surface area contributed by atoms with Crippen LogP contribution in [-0.4, -0.2) is 24.2 Å². The number of carbonyl (C=O) groups is 1. The molecule has 1 unspecified atom stereocenters. The lowest BCUT2D eigenvalue weighted by atomic mass is 10.2. The lowest BCUT2D eigenvalue weighted by Crippen LogP contribution is -2.26. The van der Waals surface area contributed by atoms with Gasteiger partial charge in [-0.2, -0.15) is 0 Å². The van der Waals surface area contributed by atoms with E-state index in [-0.39, 0.29) is 17.6 Å². The molecule has 0 bridgehead atoms. The molecule has 4 nitrogen and oxygen atoms in total. The zero-order valence-electron chi connectivity index (χ0n) is 11.7. The van der Waals surface area contributed by atoms with E-state index in [1.165, 1.54) is 0 Å². The Balaban J connectivity index is 1.93. The highest BCUT2D eigenvalue weighted by Gasteiger charge is 2.23. The van der Waals surface area contributed by atoms with Crippen molar-refractivity contribution >= 4 is 11.6 Å². The van der Waals surface area contributed by atoms with Crippen molar-refractivity contribution in [1.29, 1.82) is 0 Å². The summed E-state index contributed by atoms with van der Waals surface area (Å²) in [6.07, 6.45) is 1.46. The Labute approximate surface area is 114 Å². The van der Waals surface area contributed by atoms with E-state index in [4.69, 9.17) is 9.47 Å². The number of ether oxygens (including phenoxy) is 2. The van der Waals surface area contributed by atoms with Crippen molar-refractivity contribution < 1.29 is 14.3 Å². The first-order chi connectivity index (χ1) is 8.94. The number of rotatable bonds is 3. The second-order valence-corrected chi connectivity index (χ2v) is 5.73. The molecule has 1 heterocycles. The molecule has 4 heteroatoms. The smallest absolute Gasteiger partial charge is 0.253 e. The van der Waals surface area contributed by atoms with Crippen LogP contribution in [0, 0.1) is 0 Å². The predicted molar refractivity (Wildman–Crippen MR) is 74.4 cm³/mol. The fraction of sp³-hybridized carbons (Fsp3) is 0.533. The van der Waals surface area contributed by atoms with Crippen LogP contribution in [0.15, 0.2) is 24.3 Å². The van der Waals surface area contributed by atoms with Crippen LogP contribution in [0.2, 0.25) is 0 Å². The Morgan fingerprint density at radius 3 is 2.53 bits per heavy atom. The molecule has 1 aromatic rings. The maximum Gasteiger partial charge on any atom is 0.253 e. The first-order valence-electron chi connectivity index (χ1n) is 6.66. The maximum atomic E-state index is 11.9. The van der Waals surface area contributed by atoms with Gasteiger partial charge in [-0.3, -0.25) is 4.79 Å². The van der Waals surface area contributed by atoms with Gasteiger partial charge in [0, 0.05) is 12.3 Å². The Morgan fingerprint density at radius 2 is 2.00 bits per heavy atom. The molecule has 2 rings (SSSR count). The summed E-state index contributed by atoms with van der Waals surface area (Å²) in [4.78, 5) is 11.9. The maximum absolute atomic E-state index is 11.9. The van der Waals surface area contributed by atoms with Gasteiger partial charge < -0.3 is 14.8 Å². The van der Waals surface area contributed by atoms with Crippen LogP contribution in [-0.2, 0) is 9.53 Å². The number of nitrogens with one attached hydrogen (secondary N) is 1. The van der Waals surface area contributed by atoms with Gasteiger partial charge in [-0.1, -0.05) is 0 Å². The van der Waals surface area contributed by atoms with E-state index in [1.807, 2.05) is 45.0 Å². The zero-order valence-corrected chi connectivity index (χ0v) is 11.7. The summed E-state index contributed by atoms with van der Waals surface area (Å²) in [7, 11) is 0. The molecular weight excluding hydrogens is 242 g/mol. The second-order valence-electron chi connectivity index (χ2n) is 5.73. The van der Waals surface area contributed by atoms with Gasteiger partial charge in [0.1, 0.15) is 17.5 Å². The number of hydrogen-bond donors (Lipinski definition) is 1. The molecule has 1 aromatic carbocycles. The standard InChI is InChI=1S/C15H21NO3/c1-15(2,3)19-12-8-6-11(7-9-12)16-14(17)13-5-4-10-18-13/h6-9,13H,4-5,10H2,1-3H3,(H,16,17). The number of anilines is 1. The van der Waals surface area contributed by atoms with Gasteiger partial charge in [0.2, 0.25) is 0 Å². The van der Waals surface area contributed by atoms with E-state index in [9.17, 15) is 4.79 Å². The minimum Gasteiger partial charge on any atom is -0.488 e. The van der Waals surface area contributed by atoms with Gasteiger partial charge in [-0.25, -0.2) is 0 Å². The predicted octanol–water partition coefficient (Wildman–Crippen LogP) is 2.98. The third kappa shape index (κ3) is 4.24. The van der Waals surface area contributed by atoms with Crippen molar-refractivity contribution in [3.05, 3.63) is 24.3 Å². The summed E-state index contributed by atoms with van der Waals surface area (Å²) >= 11 is 0. The SMILES string of the molecule is CC(C)(C)Oc1ccc(NC(=O)C2CCCO2)cc1. The van der Waals surface area contributed by atoms with Gasteiger partial charge in [0.15, 0.2) is 0 Å². The number of benzene rings is 1. The molecule has 1 aliphatic heterocycles. The lowest BCUT2D eigenvalue weighted by Gasteiger charge is -2.21. The normalized spacial score (nSPS) is 19.2. The molecule has 0 aliphatic carbocycles. The first kappa shape index (κ1) is 13.9. The monoisotopic (exact) mass is 263 g/mol. The van der Waals surface area contributed by atoms with Crippen LogP contribution in [0.5, 0.6) is 5.75 Å². The van der Waals surface area contributed by atoms with Gasteiger partial charge in [0.05, 0.1) is 0 Å². The summed E-state index contributed by atoms with van der Waals surface area (Å²) in [5.74, 6) is 0.726. The van der Waals surface area contributed by atoms with E-state index >= 15 is 0 Å². The van der Waals surface area contributed by atoms with Crippen molar-refractivity contribution in [2.75, 3.05) is 11.9 Å². The summed E-state index contributed by atoms with van der Waals surface area (Å²) in [6, 6.07) is 7.40. The molecule has 19 heavy (non-hydrogen) atoms. The molecule has 0 radical (unpaired) electrons. The quantitative estimate of drug-likeness (QED) is 0.912. The summed E-state index contributed by atoms with van der Waals surface area (Å²) in [5.41, 5.74) is 0.546. The average molecular weight is 263 g/mol. The molecule has 1 fully saturated rings. The number of carbonyl (C=O) groups excluding carboxylic acids is 1. The molecular formula is C15H21NO3. The number of hydrogen-bond acceptors (Lipinski definition) is 3. The third-order valence-corrected chi connectivity index (χ3v) is 2.77. The molecule has 1 amide bonds. The van der Waals surface area contributed by atoms with Crippen LogP contribution >= 0.6 is 0 Å². The zero-order chi connectivity index (χ0) is 13.9. The highest BCUT2D eigenvalue weighted by Crippen LogP contribution is 2.21. The molecule has 0 saturated carbocycles. The van der Waals surface area contributed by atoms with E-state index in [2.05, 4.69) is 5.32 Å². The van der Waals surface area contributed by atoms with Gasteiger partial charge in [0.25, 0.3) is 5.91 Å². The fourth-order valence-electron chi connectivity index (χ4n) is 1.97. The molecule has 1 N–H and O–H groups in total. The van der Waals surface area contributed by atoms with Gasteiger partial charge in [-0.05, 0) is 57.9 Å². The highest BCUT2D eigenvalue weighted by atomic mass is 16.5. The van der Waals surface area contributed by atoms with Gasteiger partial charge in [-0.15, -0.1) is 0 Å². The van der Waals surface area contributed by atoms with Crippen LogP contribution in [0.3, 0.4) is 0 Å². The largest absolute Gasteiger partial charge is 0.488 e. The Morgan fingerprint density at radius 1 is 1.32 bits per heavy atom. The number of amides is 1. The second kappa shape index (κ2) is 5.61. The van der Waals surface area contributed by atoms with Crippen LogP contribution in [0.4, 0.5) is 5.69 Å². The van der Waals surface area contributed by atoms with Crippen molar-refractivity contribution in [2.45, 2.75) is 45.3 Å². The average Bonchev–Trinajstić information content (AvgIpc) is 2.83. The fourth-order valence-corrected chi connectivity index (χ4v) is 1.97. The minimum atomic E-state index is -0.300. The van der Waals surface area contributed by atoms with E-state index in [0.29, 0.717) is 6.61 Å². The van der Waals surface area contributed by atoms with E-state index < -0.39 is 0 Å². The Hall–Kier alpha value is -1.55. The Bertz CT molecular complexity index is 428. The van der Waals surface area contributed by atoms with Crippen molar-refractivity contribution in [3.63, 3.8) is 0 Å². The van der Waals surface area contributed by atoms with Crippen molar-refractivity contribution in [2.24, 2.45) is 0 Å². The van der Waals surface area contributed by atoms with Gasteiger partial charge >= 0.3 is 0 Å². The molecule has 0 aromatic heterocycles. The van der Waals surface area contributed by atoms with Crippen LogP contribution in [0.1, 0.15) is 33.6 Å². The molecule has 1 aliphatic rings. The summed E-state index contributed by atoms with van der Waals surface area (Å²) < 4.78 is 11.1. The van der Waals surface area contributed by atoms with Crippen LogP contribution < -0.4 is 10.1 Å². The summed E-state index contributed by atoms with van der Waals surface area (Å²) in [6.45, 7) is 6.68. The highest BCUT2D eigenvalue weighted by molar-refractivity contribution is 5.94. The van der Waals surface area contributed by atoms with Crippen molar-refractivity contribution in [1.82, 2.24) is 0 Å². The molecule has 0 spiro atoms. The molecule has 1 atom stereocenters. The first-order valence-corrected chi connectivity index (χ1v) is 6.66. The summed E-state index contributed by atoms with van der Waals surface area (Å²) in [5, 5.41) is 2.85.